The lowest BCUT2D eigenvalue weighted by Gasteiger charge is -2.08. The van der Waals surface area contributed by atoms with Crippen LogP contribution < -0.4 is 5.32 Å². The summed E-state index contributed by atoms with van der Waals surface area (Å²) < 4.78 is 0. The second kappa shape index (κ2) is 9.68. The van der Waals surface area contributed by atoms with Crippen molar-refractivity contribution in [1.29, 1.82) is 0 Å². The maximum Gasteiger partial charge on any atom is 0.303 e. The van der Waals surface area contributed by atoms with E-state index < -0.39 is 5.97 Å². The molecule has 1 amide bonds. The van der Waals surface area contributed by atoms with Crippen molar-refractivity contribution in [1.82, 2.24) is 5.32 Å². The molecule has 0 bridgehead atoms. The highest BCUT2D eigenvalue weighted by molar-refractivity contribution is 7.98. The van der Waals surface area contributed by atoms with Crippen molar-refractivity contribution in [3.05, 3.63) is 28.8 Å². The van der Waals surface area contributed by atoms with Crippen molar-refractivity contribution in [3.63, 3.8) is 0 Å². The smallest absolute Gasteiger partial charge is 0.303 e. The van der Waals surface area contributed by atoms with Gasteiger partial charge < -0.3 is 10.4 Å². The number of nitrogens with one attached hydrogen (secondary N) is 1. The molecule has 0 radical (unpaired) electrons. The minimum atomic E-state index is -0.758. The van der Waals surface area contributed by atoms with E-state index >= 15 is 0 Å². The molecule has 116 valence electrons. The predicted octanol–water partition coefficient (Wildman–Crippen LogP) is 3.83. The number of carbonyl (C=O) groups excluding carboxylic acids is 1. The van der Waals surface area contributed by atoms with Gasteiger partial charge in [0, 0.05) is 17.9 Å². The van der Waals surface area contributed by atoms with Gasteiger partial charge in [0.2, 0.25) is 0 Å². The van der Waals surface area contributed by atoms with Gasteiger partial charge >= 0.3 is 5.97 Å². The second-order valence-corrected chi connectivity index (χ2v) is 5.95. The second-order valence-electron chi connectivity index (χ2n) is 4.66. The standard InChI is InChI=1S/C15H20ClNO3S/c1-21-11-7-8-13(16)12(10-11)15(20)17-9-5-3-2-4-6-14(18)19/h7-8,10H,2-6,9H2,1H3,(H,17,20)(H,18,19). The summed E-state index contributed by atoms with van der Waals surface area (Å²) in [5.74, 6) is -0.923. The van der Waals surface area contributed by atoms with E-state index in [1.165, 1.54) is 0 Å². The summed E-state index contributed by atoms with van der Waals surface area (Å²) in [6, 6.07) is 5.40. The maximum absolute atomic E-state index is 12.0. The van der Waals surface area contributed by atoms with E-state index in [9.17, 15) is 9.59 Å². The van der Waals surface area contributed by atoms with E-state index in [0.717, 1.165) is 24.2 Å². The van der Waals surface area contributed by atoms with Crippen molar-refractivity contribution < 1.29 is 14.7 Å². The van der Waals surface area contributed by atoms with Crippen LogP contribution in [0.5, 0.6) is 0 Å². The first-order valence-electron chi connectivity index (χ1n) is 6.88. The monoisotopic (exact) mass is 329 g/mol. The molecule has 6 heteroatoms. The molecule has 0 aliphatic rings. The zero-order valence-electron chi connectivity index (χ0n) is 12.0. The molecule has 1 rings (SSSR count). The number of halogens is 1. The van der Waals surface area contributed by atoms with Crippen LogP contribution in [0.3, 0.4) is 0 Å². The summed E-state index contributed by atoms with van der Waals surface area (Å²) in [4.78, 5) is 23.4. The Morgan fingerprint density at radius 3 is 2.62 bits per heavy atom. The van der Waals surface area contributed by atoms with Gasteiger partial charge in [0.05, 0.1) is 10.6 Å². The van der Waals surface area contributed by atoms with Crippen LogP contribution in [-0.4, -0.2) is 29.8 Å². The molecule has 0 fully saturated rings. The molecular formula is C15H20ClNO3S. The van der Waals surface area contributed by atoms with Crippen molar-refractivity contribution in [2.75, 3.05) is 12.8 Å². The molecule has 0 unspecified atom stereocenters. The van der Waals surface area contributed by atoms with E-state index in [-0.39, 0.29) is 12.3 Å². The first-order chi connectivity index (χ1) is 10.0. The molecule has 0 aromatic heterocycles. The highest BCUT2D eigenvalue weighted by Crippen LogP contribution is 2.22. The van der Waals surface area contributed by atoms with E-state index in [1.54, 1.807) is 23.9 Å². The van der Waals surface area contributed by atoms with Gasteiger partial charge in [0.25, 0.3) is 5.91 Å². The van der Waals surface area contributed by atoms with Crippen LogP contribution in [0.25, 0.3) is 0 Å². The topological polar surface area (TPSA) is 66.4 Å². The number of thioether (sulfide) groups is 1. The average molecular weight is 330 g/mol. The Bertz CT molecular complexity index is 494. The van der Waals surface area contributed by atoms with Gasteiger partial charge in [-0.05, 0) is 37.3 Å². The highest BCUT2D eigenvalue weighted by Gasteiger charge is 2.10. The maximum atomic E-state index is 12.0. The summed E-state index contributed by atoms with van der Waals surface area (Å²) >= 11 is 7.60. The highest BCUT2D eigenvalue weighted by atomic mass is 35.5. The number of aliphatic carboxylic acids is 1. The van der Waals surface area contributed by atoms with Crippen LogP contribution in [-0.2, 0) is 4.79 Å². The van der Waals surface area contributed by atoms with Gasteiger partial charge in [-0.3, -0.25) is 9.59 Å². The quantitative estimate of drug-likeness (QED) is 0.534. The number of carbonyl (C=O) groups is 2. The van der Waals surface area contributed by atoms with Gasteiger partial charge in [0.1, 0.15) is 0 Å². The first-order valence-corrected chi connectivity index (χ1v) is 8.48. The van der Waals surface area contributed by atoms with Crippen LogP contribution >= 0.6 is 23.4 Å². The van der Waals surface area contributed by atoms with Crippen molar-refractivity contribution in [2.45, 2.75) is 37.0 Å². The predicted molar refractivity (Wildman–Crippen MR) is 86.3 cm³/mol. The summed E-state index contributed by atoms with van der Waals surface area (Å²) in [6.45, 7) is 0.575. The van der Waals surface area contributed by atoms with Crippen molar-refractivity contribution in [2.24, 2.45) is 0 Å². The van der Waals surface area contributed by atoms with Gasteiger partial charge in [-0.1, -0.05) is 24.4 Å². The van der Waals surface area contributed by atoms with Crippen molar-refractivity contribution >= 4 is 35.2 Å². The fourth-order valence-electron chi connectivity index (χ4n) is 1.86. The number of hydrogen-bond acceptors (Lipinski definition) is 3. The number of carboxylic acids is 1. The number of hydrogen-bond donors (Lipinski definition) is 2. The van der Waals surface area contributed by atoms with Crippen LogP contribution in [0.15, 0.2) is 23.1 Å². The van der Waals surface area contributed by atoms with E-state index in [4.69, 9.17) is 16.7 Å². The summed E-state index contributed by atoms with van der Waals surface area (Å²) in [7, 11) is 0. The van der Waals surface area contributed by atoms with Crippen molar-refractivity contribution in [3.8, 4) is 0 Å². The number of rotatable bonds is 9. The fraction of sp³-hybridized carbons (Fsp3) is 0.467. The summed E-state index contributed by atoms with van der Waals surface area (Å²) in [5, 5.41) is 11.8. The number of amides is 1. The Morgan fingerprint density at radius 1 is 1.24 bits per heavy atom. The molecule has 21 heavy (non-hydrogen) atoms. The van der Waals surface area contributed by atoms with Gasteiger partial charge in [0.15, 0.2) is 0 Å². The average Bonchev–Trinajstić information content (AvgIpc) is 2.46. The third-order valence-corrected chi connectivity index (χ3v) is 4.08. The molecule has 0 atom stereocenters. The van der Waals surface area contributed by atoms with Crippen LogP contribution in [0.4, 0.5) is 0 Å². The molecule has 0 saturated carbocycles. The van der Waals surface area contributed by atoms with E-state index in [1.807, 2.05) is 12.3 Å². The minimum absolute atomic E-state index is 0.165. The third-order valence-electron chi connectivity index (χ3n) is 3.02. The molecule has 2 N–H and O–H groups in total. The number of unbranched alkanes of at least 4 members (excludes halogenated alkanes) is 3. The molecule has 0 aliphatic heterocycles. The lowest BCUT2D eigenvalue weighted by molar-refractivity contribution is -0.137. The molecule has 0 heterocycles. The third kappa shape index (κ3) is 6.87. The van der Waals surface area contributed by atoms with E-state index in [2.05, 4.69) is 5.32 Å². The van der Waals surface area contributed by atoms with E-state index in [0.29, 0.717) is 23.6 Å². The van der Waals surface area contributed by atoms with Gasteiger partial charge in [-0.25, -0.2) is 0 Å². The number of benzene rings is 1. The Hall–Kier alpha value is -1.20. The Labute approximate surface area is 134 Å². The van der Waals surface area contributed by atoms with Crippen LogP contribution in [0.1, 0.15) is 42.5 Å². The Kier molecular flexibility index (Phi) is 8.23. The Balaban J connectivity index is 2.29. The first kappa shape index (κ1) is 17.9. The molecular weight excluding hydrogens is 310 g/mol. The fourth-order valence-corrected chi connectivity index (χ4v) is 2.50. The normalized spacial score (nSPS) is 10.4. The summed E-state index contributed by atoms with van der Waals surface area (Å²) in [5.41, 5.74) is 0.495. The molecule has 0 aliphatic carbocycles. The summed E-state index contributed by atoms with van der Waals surface area (Å²) in [6.07, 6.45) is 5.46. The lowest BCUT2D eigenvalue weighted by Crippen LogP contribution is -2.24. The SMILES string of the molecule is CSc1ccc(Cl)c(C(=O)NCCCCCCC(=O)O)c1. The molecule has 0 spiro atoms. The van der Waals surface area contributed by atoms with Gasteiger partial charge in [-0.15, -0.1) is 11.8 Å². The van der Waals surface area contributed by atoms with Crippen LogP contribution in [0, 0.1) is 0 Å². The molecule has 0 saturated heterocycles. The molecule has 1 aromatic rings. The zero-order chi connectivity index (χ0) is 15.7. The minimum Gasteiger partial charge on any atom is -0.481 e. The molecule has 1 aromatic carbocycles. The Morgan fingerprint density at radius 2 is 1.95 bits per heavy atom. The van der Waals surface area contributed by atoms with Crippen LogP contribution in [0.2, 0.25) is 5.02 Å². The molecule has 4 nitrogen and oxygen atoms in total. The largest absolute Gasteiger partial charge is 0.481 e. The van der Waals surface area contributed by atoms with Gasteiger partial charge in [-0.2, -0.15) is 0 Å². The lowest BCUT2D eigenvalue weighted by atomic mass is 10.1. The zero-order valence-corrected chi connectivity index (χ0v) is 13.6. The number of carboxylic acid groups (broad SMARTS) is 1.